The third kappa shape index (κ3) is 3.20. The minimum Gasteiger partial charge on any atom is -0.371 e. The number of rotatable bonds is 5. The summed E-state index contributed by atoms with van der Waals surface area (Å²) >= 11 is 3.34. The van der Waals surface area contributed by atoms with E-state index in [-0.39, 0.29) is 10.9 Å². The molecule has 0 N–H and O–H groups in total. The molecule has 0 aliphatic heterocycles. The number of benzene rings is 1. The second kappa shape index (κ2) is 5.97. The minimum atomic E-state index is -4.51. The van der Waals surface area contributed by atoms with Gasteiger partial charge in [0.05, 0.1) is 4.90 Å². The second-order valence-electron chi connectivity index (χ2n) is 3.91. The van der Waals surface area contributed by atoms with Crippen LogP contribution in [-0.2, 0) is 9.84 Å². The van der Waals surface area contributed by atoms with Crippen molar-refractivity contribution >= 4 is 31.5 Å². The van der Waals surface area contributed by atoms with Crippen molar-refractivity contribution in [3.05, 3.63) is 24.3 Å². The molecule has 1 unspecified atom stereocenters. The van der Waals surface area contributed by atoms with Crippen molar-refractivity contribution in [3.63, 3.8) is 0 Å². The highest BCUT2D eigenvalue weighted by atomic mass is 79.9. The predicted molar refractivity (Wildman–Crippen MR) is 71.3 cm³/mol. The Labute approximate surface area is 114 Å². The fraction of sp³-hybridized carbons (Fsp3) is 0.455. The fourth-order valence-corrected chi connectivity index (χ4v) is 2.49. The third-order valence-electron chi connectivity index (χ3n) is 2.69. The van der Waals surface area contributed by atoms with E-state index in [2.05, 4.69) is 15.9 Å². The van der Waals surface area contributed by atoms with Gasteiger partial charge in [-0.1, -0.05) is 15.9 Å². The van der Waals surface area contributed by atoms with E-state index >= 15 is 0 Å². The number of halogens is 3. The normalized spacial score (nSPS) is 13.7. The molecule has 18 heavy (non-hydrogen) atoms. The molecule has 7 heteroatoms. The zero-order valence-electron chi connectivity index (χ0n) is 9.98. The van der Waals surface area contributed by atoms with Crippen LogP contribution in [0.25, 0.3) is 0 Å². The quantitative estimate of drug-likeness (QED) is 0.773. The molecule has 1 aromatic carbocycles. The van der Waals surface area contributed by atoms with E-state index in [9.17, 15) is 17.2 Å². The number of alkyl halides is 3. The average Bonchev–Trinajstić information content (AvgIpc) is 2.36. The monoisotopic (exact) mass is 341 g/mol. The predicted octanol–water partition coefficient (Wildman–Crippen LogP) is 2.90. The van der Waals surface area contributed by atoms with Crippen molar-refractivity contribution in [1.82, 2.24) is 0 Å². The molecule has 3 nitrogen and oxygen atoms in total. The van der Waals surface area contributed by atoms with Gasteiger partial charge in [0.2, 0.25) is 9.84 Å². The van der Waals surface area contributed by atoms with Gasteiger partial charge in [0.25, 0.3) is 0 Å². The molecule has 0 saturated carbocycles. The van der Waals surface area contributed by atoms with Crippen LogP contribution in [-0.4, -0.2) is 32.6 Å². The van der Waals surface area contributed by atoms with Gasteiger partial charge in [0.15, 0.2) is 0 Å². The number of sulfone groups is 1. The molecular weight excluding hydrogens is 328 g/mol. The summed E-state index contributed by atoms with van der Waals surface area (Å²) in [7, 11) is -2.66. The number of anilines is 1. The maximum Gasteiger partial charge on any atom is 0.341 e. The topological polar surface area (TPSA) is 37.4 Å². The third-order valence-corrected chi connectivity index (χ3v) is 5.03. The largest absolute Gasteiger partial charge is 0.371 e. The molecule has 102 valence electrons. The Hall–Kier alpha value is -0.690. The number of nitrogens with zero attached hydrogens (tertiary/aromatic N) is 1. The molecular formula is C11H14BrF2NO2S. The van der Waals surface area contributed by atoms with E-state index in [4.69, 9.17) is 0 Å². The molecule has 0 heterocycles. The van der Waals surface area contributed by atoms with Crippen LogP contribution < -0.4 is 4.90 Å². The summed E-state index contributed by atoms with van der Waals surface area (Å²) in [5.74, 6) is -3.39. The van der Waals surface area contributed by atoms with Crippen molar-refractivity contribution in [2.75, 3.05) is 17.3 Å². The van der Waals surface area contributed by atoms with Gasteiger partial charge < -0.3 is 4.90 Å². The summed E-state index contributed by atoms with van der Waals surface area (Å²) in [6.07, 6.45) is 0. The second-order valence-corrected chi connectivity index (χ2v) is 6.48. The Kier molecular flexibility index (Phi) is 5.10. The first-order chi connectivity index (χ1) is 8.30. The van der Waals surface area contributed by atoms with Gasteiger partial charge in [0, 0.05) is 24.1 Å². The lowest BCUT2D eigenvalue weighted by atomic mass is 10.2. The standard InChI is InChI=1S/C11H14BrF2NO2S/c1-8(7-12)15(2)9-3-5-10(6-4-9)18(16,17)11(13)14/h3-6,8,11H,7H2,1-2H3. The Morgan fingerprint density at radius 2 is 1.78 bits per heavy atom. The molecule has 0 spiro atoms. The van der Waals surface area contributed by atoms with Crippen LogP contribution in [0.1, 0.15) is 6.92 Å². The van der Waals surface area contributed by atoms with Gasteiger partial charge >= 0.3 is 5.76 Å². The van der Waals surface area contributed by atoms with Crippen LogP contribution in [0, 0.1) is 0 Å². The first-order valence-corrected chi connectivity index (χ1v) is 7.88. The van der Waals surface area contributed by atoms with Crippen LogP contribution in [0.4, 0.5) is 14.5 Å². The molecule has 1 atom stereocenters. The highest BCUT2D eigenvalue weighted by Gasteiger charge is 2.26. The molecule has 0 bridgehead atoms. The smallest absolute Gasteiger partial charge is 0.341 e. The van der Waals surface area contributed by atoms with E-state index in [1.165, 1.54) is 24.3 Å². The molecule has 0 aromatic heterocycles. The summed E-state index contributed by atoms with van der Waals surface area (Å²) in [5, 5.41) is 0.751. The minimum absolute atomic E-state index is 0.211. The molecule has 0 aliphatic rings. The molecule has 1 aromatic rings. The molecule has 0 aliphatic carbocycles. The van der Waals surface area contributed by atoms with E-state index in [1.807, 2.05) is 18.9 Å². The van der Waals surface area contributed by atoms with Crippen LogP contribution in [0.5, 0.6) is 0 Å². The van der Waals surface area contributed by atoms with Gasteiger partial charge in [-0.25, -0.2) is 8.42 Å². The number of hydrogen-bond acceptors (Lipinski definition) is 3. The van der Waals surface area contributed by atoms with Gasteiger partial charge in [0.1, 0.15) is 0 Å². The van der Waals surface area contributed by atoms with Gasteiger partial charge in [-0.15, -0.1) is 0 Å². The van der Waals surface area contributed by atoms with Crippen molar-refractivity contribution < 1.29 is 17.2 Å². The Morgan fingerprint density at radius 3 is 2.17 bits per heavy atom. The zero-order chi connectivity index (χ0) is 13.9. The summed E-state index contributed by atoms with van der Waals surface area (Å²) < 4.78 is 47.1. The SMILES string of the molecule is CC(CBr)N(C)c1ccc(S(=O)(=O)C(F)F)cc1. The first-order valence-electron chi connectivity index (χ1n) is 5.21. The summed E-state index contributed by atoms with van der Waals surface area (Å²) in [6, 6.07) is 5.66. The Morgan fingerprint density at radius 1 is 1.28 bits per heavy atom. The Bertz CT molecular complexity index is 490. The molecule has 0 fully saturated rings. The first kappa shape index (κ1) is 15.4. The van der Waals surface area contributed by atoms with E-state index in [0.717, 1.165) is 11.0 Å². The molecule has 0 radical (unpaired) electrons. The van der Waals surface area contributed by atoms with Gasteiger partial charge in [-0.2, -0.15) is 8.78 Å². The number of hydrogen-bond donors (Lipinski definition) is 0. The van der Waals surface area contributed by atoms with Crippen LogP contribution >= 0.6 is 15.9 Å². The van der Waals surface area contributed by atoms with E-state index < -0.39 is 15.6 Å². The van der Waals surface area contributed by atoms with Crippen LogP contribution in [0.2, 0.25) is 0 Å². The Balaban J connectivity index is 3.01. The van der Waals surface area contributed by atoms with Crippen molar-refractivity contribution in [1.29, 1.82) is 0 Å². The van der Waals surface area contributed by atoms with Gasteiger partial charge in [-0.3, -0.25) is 0 Å². The highest BCUT2D eigenvalue weighted by Crippen LogP contribution is 2.22. The van der Waals surface area contributed by atoms with Crippen molar-refractivity contribution in [2.24, 2.45) is 0 Å². The molecule has 0 amide bonds. The van der Waals surface area contributed by atoms with Crippen LogP contribution in [0.3, 0.4) is 0 Å². The van der Waals surface area contributed by atoms with Crippen LogP contribution in [0.15, 0.2) is 29.2 Å². The lowest BCUT2D eigenvalue weighted by Crippen LogP contribution is -2.29. The van der Waals surface area contributed by atoms with Crippen molar-refractivity contribution in [3.8, 4) is 0 Å². The lowest BCUT2D eigenvalue weighted by Gasteiger charge is -2.25. The summed E-state index contributed by atoms with van der Waals surface area (Å²) in [5.41, 5.74) is 0.773. The van der Waals surface area contributed by atoms with Crippen molar-refractivity contribution in [2.45, 2.75) is 23.6 Å². The average molecular weight is 342 g/mol. The maximum atomic E-state index is 12.3. The summed E-state index contributed by atoms with van der Waals surface area (Å²) in [6.45, 7) is 1.98. The van der Waals surface area contributed by atoms with Gasteiger partial charge in [-0.05, 0) is 31.2 Å². The summed E-state index contributed by atoms with van der Waals surface area (Å²) in [4.78, 5) is 1.56. The molecule has 1 rings (SSSR count). The van der Waals surface area contributed by atoms with E-state index in [1.54, 1.807) is 0 Å². The van der Waals surface area contributed by atoms with E-state index in [0.29, 0.717) is 0 Å². The fourth-order valence-electron chi connectivity index (χ4n) is 1.33. The lowest BCUT2D eigenvalue weighted by molar-refractivity contribution is 0.234. The zero-order valence-corrected chi connectivity index (χ0v) is 12.4. The maximum absolute atomic E-state index is 12.3. The highest BCUT2D eigenvalue weighted by molar-refractivity contribution is 9.09. The molecule has 0 saturated heterocycles.